The van der Waals surface area contributed by atoms with Gasteiger partial charge >= 0.3 is 0 Å². The molecule has 0 saturated heterocycles. The van der Waals surface area contributed by atoms with Crippen molar-refractivity contribution in [2.24, 2.45) is 0 Å². The zero-order valence-electron chi connectivity index (χ0n) is 18.0. The molecule has 3 aromatic carbocycles. The number of fused-ring (bicyclic) bond motifs is 1. The van der Waals surface area contributed by atoms with Gasteiger partial charge in [-0.15, -0.1) is 5.10 Å². The quantitative estimate of drug-likeness (QED) is 0.432. The SMILES string of the molecule is Cc1ccc(-c2cc(C(=O)Nc3cc(-n4nnnc4C)ccc3F)c3ccccc3n2)cc1. The predicted octanol–water partition coefficient (Wildman–Crippen LogP) is 4.89. The van der Waals surface area contributed by atoms with Crippen molar-refractivity contribution < 1.29 is 9.18 Å². The normalized spacial score (nSPS) is 11.0. The average Bonchev–Trinajstić information content (AvgIpc) is 3.26. The van der Waals surface area contributed by atoms with Crippen molar-refractivity contribution in [3.05, 3.63) is 95.6 Å². The third-order valence-corrected chi connectivity index (χ3v) is 5.38. The van der Waals surface area contributed by atoms with Gasteiger partial charge in [-0.2, -0.15) is 4.68 Å². The van der Waals surface area contributed by atoms with E-state index in [1.165, 1.54) is 16.8 Å². The highest BCUT2D eigenvalue weighted by atomic mass is 19.1. The second kappa shape index (κ2) is 8.23. The maximum atomic E-state index is 14.6. The van der Waals surface area contributed by atoms with Gasteiger partial charge in [0.1, 0.15) is 5.82 Å². The molecule has 2 aromatic heterocycles. The number of nitrogens with zero attached hydrogens (tertiary/aromatic N) is 5. The number of tetrazole rings is 1. The van der Waals surface area contributed by atoms with E-state index in [0.717, 1.165) is 11.1 Å². The average molecular weight is 438 g/mol. The lowest BCUT2D eigenvalue weighted by Crippen LogP contribution is -2.15. The van der Waals surface area contributed by atoms with Crippen molar-refractivity contribution in [3.63, 3.8) is 0 Å². The molecule has 8 heteroatoms. The molecule has 1 amide bonds. The van der Waals surface area contributed by atoms with E-state index >= 15 is 0 Å². The summed E-state index contributed by atoms with van der Waals surface area (Å²) in [5.74, 6) is -0.455. The minimum absolute atomic E-state index is 0.0326. The van der Waals surface area contributed by atoms with Crippen LogP contribution >= 0.6 is 0 Å². The fourth-order valence-corrected chi connectivity index (χ4v) is 3.64. The molecule has 0 unspecified atom stereocenters. The second-order valence-electron chi connectivity index (χ2n) is 7.69. The molecule has 0 radical (unpaired) electrons. The van der Waals surface area contributed by atoms with Crippen LogP contribution in [0.5, 0.6) is 0 Å². The Labute approximate surface area is 188 Å². The van der Waals surface area contributed by atoms with Crippen LogP contribution < -0.4 is 5.32 Å². The molecule has 0 bridgehead atoms. The lowest BCUT2D eigenvalue weighted by atomic mass is 10.0. The number of aromatic nitrogens is 5. The Morgan fingerprint density at radius 2 is 1.76 bits per heavy atom. The van der Waals surface area contributed by atoms with Crippen LogP contribution in [0.15, 0.2) is 72.8 Å². The van der Waals surface area contributed by atoms with E-state index in [2.05, 4.69) is 20.8 Å². The number of nitrogens with one attached hydrogen (secondary N) is 1. The van der Waals surface area contributed by atoms with Gasteiger partial charge in [-0.25, -0.2) is 9.37 Å². The molecule has 0 aliphatic heterocycles. The first-order valence-electron chi connectivity index (χ1n) is 10.3. The van der Waals surface area contributed by atoms with E-state index in [1.54, 1.807) is 19.1 Å². The van der Waals surface area contributed by atoms with Crippen molar-refractivity contribution in [1.82, 2.24) is 25.2 Å². The zero-order valence-corrected chi connectivity index (χ0v) is 18.0. The lowest BCUT2D eigenvalue weighted by molar-refractivity contribution is 0.102. The van der Waals surface area contributed by atoms with Crippen LogP contribution in [0.2, 0.25) is 0 Å². The number of halogens is 1. The standard InChI is InChI=1S/C25H19FN6O/c1-15-7-9-17(10-8-15)23-14-20(19-5-3-4-6-22(19)27-23)25(33)28-24-13-18(11-12-21(24)26)32-16(2)29-30-31-32/h3-14H,1-2H3,(H,28,33). The predicted molar refractivity (Wildman–Crippen MR) is 124 cm³/mol. The summed E-state index contributed by atoms with van der Waals surface area (Å²) in [5.41, 5.74) is 4.34. The summed E-state index contributed by atoms with van der Waals surface area (Å²) in [4.78, 5) is 18.1. The number of pyridine rings is 1. The Morgan fingerprint density at radius 3 is 2.52 bits per heavy atom. The smallest absolute Gasteiger partial charge is 0.256 e. The first-order chi connectivity index (χ1) is 16.0. The molecule has 33 heavy (non-hydrogen) atoms. The molecule has 5 rings (SSSR count). The molecular weight excluding hydrogens is 419 g/mol. The van der Waals surface area contributed by atoms with Gasteiger partial charge in [0.15, 0.2) is 5.82 Å². The van der Waals surface area contributed by atoms with Gasteiger partial charge in [0, 0.05) is 10.9 Å². The Bertz CT molecular complexity index is 1490. The molecule has 0 fully saturated rings. The molecule has 1 N–H and O–H groups in total. The van der Waals surface area contributed by atoms with Crippen LogP contribution in [0.25, 0.3) is 27.8 Å². The summed E-state index contributed by atoms with van der Waals surface area (Å²) >= 11 is 0. The number of amides is 1. The molecule has 0 aliphatic carbocycles. The van der Waals surface area contributed by atoms with Gasteiger partial charge in [-0.05, 0) is 54.6 Å². The Morgan fingerprint density at radius 1 is 0.970 bits per heavy atom. The third kappa shape index (κ3) is 3.94. The first-order valence-corrected chi connectivity index (χ1v) is 10.3. The summed E-state index contributed by atoms with van der Waals surface area (Å²) in [7, 11) is 0. The summed E-state index contributed by atoms with van der Waals surface area (Å²) in [6.45, 7) is 3.74. The van der Waals surface area contributed by atoms with Gasteiger partial charge in [0.2, 0.25) is 0 Å². The maximum Gasteiger partial charge on any atom is 0.256 e. The Balaban J connectivity index is 1.56. The zero-order chi connectivity index (χ0) is 22.9. The summed E-state index contributed by atoms with van der Waals surface area (Å²) in [6, 6.07) is 21.4. The van der Waals surface area contributed by atoms with Crippen LogP contribution in [0.1, 0.15) is 21.7 Å². The van der Waals surface area contributed by atoms with E-state index in [0.29, 0.717) is 33.7 Å². The third-order valence-electron chi connectivity index (χ3n) is 5.38. The maximum absolute atomic E-state index is 14.6. The highest BCUT2D eigenvalue weighted by molar-refractivity contribution is 6.13. The number of aryl methyl sites for hydroxylation is 2. The summed E-state index contributed by atoms with van der Waals surface area (Å²) in [5, 5.41) is 14.7. The monoisotopic (exact) mass is 438 g/mol. The number of hydrogen-bond acceptors (Lipinski definition) is 5. The summed E-state index contributed by atoms with van der Waals surface area (Å²) < 4.78 is 16.1. The van der Waals surface area contributed by atoms with Gasteiger partial charge < -0.3 is 5.32 Å². The lowest BCUT2D eigenvalue weighted by Gasteiger charge is -2.12. The highest BCUT2D eigenvalue weighted by Gasteiger charge is 2.17. The van der Waals surface area contributed by atoms with Gasteiger partial charge in [-0.1, -0.05) is 48.0 Å². The number of carbonyl (C=O) groups is 1. The molecule has 0 saturated carbocycles. The van der Waals surface area contributed by atoms with E-state index < -0.39 is 11.7 Å². The van der Waals surface area contributed by atoms with E-state index in [-0.39, 0.29) is 5.69 Å². The van der Waals surface area contributed by atoms with Crippen LogP contribution in [0, 0.1) is 19.7 Å². The number of benzene rings is 3. The first kappa shape index (κ1) is 20.4. The molecule has 162 valence electrons. The number of para-hydroxylation sites is 1. The Kier molecular flexibility index (Phi) is 5.10. The van der Waals surface area contributed by atoms with Crippen LogP contribution in [0.3, 0.4) is 0 Å². The molecule has 0 aliphatic rings. The van der Waals surface area contributed by atoms with Crippen molar-refractivity contribution in [1.29, 1.82) is 0 Å². The fraction of sp³-hybridized carbons (Fsp3) is 0.0800. The number of hydrogen-bond donors (Lipinski definition) is 1. The van der Waals surface area contributed by atoms with E-state index in [1.807, 2.05) is 55.5 Å². The number of anilines is 1. The van der Waals surface area contributed by atoms with Crippen LogP contribution in [0.4, 0.5) is 10.1 Å². The van der Waals surface area contributed by atoms with Gasteiger partial charge in [0.25, 0.3) is 5.91 Å². The minimum atomic E-state index is -0.560. The van der Waals surface area contributed by atoms with Gasteiger partial charge in [0.05, 0.1) is 28.1 Å². The number of rotatable bonds is 4. The number of carbonyl (C=O) groups excluding carboxylic acids is 1. The minimum Gasteiger partial charge on any atom is -0.319 e. The topological polar surface area (TPSA) is 85.6 Å². The van der Waals surface area contributed by atoms with Crippen molar-refractivity contribution in [3.8, 4) is 16.9 Å². The van der Waals surface area contributed by atoms with E-state index in [9.17, 15) is 9.18 Å². The van der Waals surface area contributed by atoms with Crippen molar-refractivity contribution in [2.75, 3.05) is 5.32 Å². The van der Waals surface area contributed by atoms with E-state index in [4.69, 9.17) is 4.98 Å². The second-order valence-corrected chi connectivity index (χ2v) is 7.69. The van der Waals surface area contributed by atoms with Gasteiger partial charge in [-0.3, -0.25) is 4.79 Å². The molecule has 7 nitrogen and oxygen atoms in total. The molecule has 0 spiro atoms. The molecule has 0 atom stereocenters. The van der Waals surface area contributed by atoms with Crippen LogP contribution in [-0.2, 0) is 0 Å². The van der Waals surface area contributed by atoms with Crippen molar-refractivity contribution in [2.45, 2.75) is 13.8 Å². The molecule has 2 heterocycles. The Hall–Kier alpha value is -4.46. The largest absolute Gasteiger partial charge is 0.319 e. The molecular formula is C25H19FN6O. The van der Waals surface area contributed by atoms with Crippen LogP contribution in [-0.4, -0.2) is 31.1 Å². The van der Waals surface area contributed by atoms with Crippen molar-refractivity contribution >= 4 is 22.5 Å². The highest BCUT2D eigenvalue weighted by Crippen LogP contribution is 2.27. The summed E-state index contributed by atoms with van der Waals surface area (Å²) in [6.07, 6.45) is 0. The molecule has 5 aromatic rings. The fourth-order valence-electron chi connectivity index (χ4n) is 3.64.